The first-order valence-electron chi connectivity index (χ1n) is 13.7. The number of likely N-dealkylation sites (tertiary alicyclic amines) is 1. The van der Waals surface area contributed by atoms with Crippen molar-refractivity contribution in [3.8, 4) is 0 Å². The van der Waals surface area contributed by atoms with Crippen LogP contribution in [0.2, 0.25) is 0 Å². The first kappa shape index (κ1) is 28.6. The third-order valence-corrected chi connectivity index (χ3v) is 9.40. The van der Waals surface area contributed by atoms with Gasteiger partial charge in [-0.05, 0) is 51.0 Å². The molecule has 0 bridgehead atoms. The topological polar surface area (TPSA) is 78.0 Å². The molecule has 3 rings (SSSR count). The molecule has 1 aromatic carbocycles. The van der Waals surface area contributed by atoms with Gasteiger partial charge in [-0.3, -0.25) is 9.59 Å². The Morgan fingerprint density at radius 2 is 1.61 bits per heavy atom. The van der Waals surface area contributed by atoms with Crippen LogP contribution in [-0.4, -0.2) is 72.3 Å². The SMILES string of the molecule is CCS(=O)(=O)N(CC(=O)N(Cc1ccc(C)cc1)C1CCN(C(=O)C2CCCCC2)CC1)CC(C)C. The highest BCUT2D eigenvalue weighted by Crippen LogP contribution is 2.28. The molecule has 1 heterocycles. The van der Waals surface area contributed by atoms with Gasteiger partial charge >= 0.3 is 0 Å². The number of hydrogen-bond acceptors (Lipinski definition) is 4. The van der Waals surface area contributed by atoms with Crippen LogP contribution in [-0.2, 0) is 26.2 Å². The van der Waals surface area contributed by atoms with Crippen molar-refractivity contribution in [3.63, 3.8) is 0 Å². The summed E-state index contributed by atoms with van der Waals surface area (Å²) in [6.45, 7) is 9.53. The van der Waals surface area contributed by atoms with Gasteiger partial charge in [0.2, 0.25) is 21.8 Å². The number of carbonyl (C=O) groups is 2. The van der Waals surface area contributed by atoms with Gasteiger partial charge in [-0.25, -0.2) is 8.42 Å². The molecule has 0 radical (unpaired) electrons. The minimum Gasteiger partial charge on any atom is -0.342 e. The molecule has 0 N–H and O–H groups in total. The van der Waals surface area contributed by atoms with Crippen LogP contribution < -0.4 is 0 Å². The number of piperidine rings is 1. The molecule has 1 aromatic rings. The van der Waals surface area contributed by atoms with Gasteiger partial charge in [0, 0.05) is 38.1 Å². The van der Waals surface area contributed by atoms with E-state index in [-0.39, 0.29) is 42.0 Å². The maximum Gasteiger partial charge on any atom is 0.238 e. The van der Waals surface area contributed by atoms with Gasteiger partial charge in [0.15, 0.2) is 0 Å². The van der Waals surface area contributed by atoms with E-state index in [2.05, 4.69) is 0 Å². The Labute approximate surface area is 218 Å². The van der Waals surface area contributed by atoms with E-state index < -0.39 is 10.0 Å². The minimum absolute atomic E-state index is 0.0144. The highest BCUT2D eigenvalue weighted by atomic mass is 32.2. The largest absolute Gasteiger partial charge is 0.342 e. The average Bonchev–Trinajstić information content (AvgIpc) is 2.88. The zero-order valence-corrected chi connectivity index (χ0v) is 23.4. The van der Waals surface area contributed by atoms with Crippen molar-refractivity contribution in [2.24, 2.45) is 11.8 Å². The Balaban J connectivity index is 1.74. The fourth-order valence-electron chi connectivity index (χ4n) is 5.42. The summed E-state index contributed by atoms with van der Waals surface area (Å²) in [7, 11) is -3.49. The number of rotatable bonds is 10. The third-order valence-electron chi connectivity index (χ3n) is 7.60. The van der Waals surface area contributed by atoms with Gasteiger partial charge in [0.25, 0.3) is 0 Å². The summed E-state index contributed by atoms with van der Waals surface area (Å²) in [5.41, 5.74) is 2.19. The van der Waals surface area contributed by atoms with Crippen molar-refractivity contribution < 1.29 is 18.0 Å². The van der Waals surface area contributed by atoms with E-state index in [0.717, 1.165) is 49.7 Å². The molecule has 2 aliphatic rings. The predicted octanol–water partition coefficient (Wildman–Crippen LogP) is 4.20. The molecule has 1 aliphatic carbocycles. The van der Waals surface area contributed by atoms with Crippen LogP contribution in [0.15, 0.2) is 24.3 Å². The molecule has 2 fully saturated rings. The Hall–Kier alpha value is -1.93. The van der Waals surface area contributed by atoms with Gasteiger partial charge in [-0.1, -0.05) is 62.9 Å². The van der Waals surface area contributed by atoms with Crippen LogP contribution >= 0.6 is 0 Å². The smallest absolute Gasteiger partial charge is 0.238 e. The number of nitrogens with zero attached hydrogens (tertiary/aromatic N) is 3. The van der Waals surface area contributed by atoms with Crippen LogP contribution in [0.3, 0.4) is 0 Å². The van der Waals surface area contributed by atoms with Crippen LogP contribution in [0, 0.1) is 18.8 Å². The number of benzene rings is 1. The second-order valence-electron chi connectivity index (χ2n) is 11.0. The molecule has 1 saturated carbocycles. The van der Waals surface area contributed by atoms with Gasteiger partial charge in [0.05, 0.1) is 12.3 Å². The molecular weight excluding hydrogens is 474 g/mol. The van der Waals surface area contributed by atoms with Crippen molar-refractivity contribution in [1.82, 2.24) is 14.1 Å². The number of sulfonamides is 1. The van der Waals surface area contributed by atoms with Crippen LogP contribution in [0.1, 0.15) is 76.8 Å². The maximum absolute atomic E-state index is 13.7. The Bertz CT molecular complexity index is 963. The van der Waals surface area contributed by atoms with Crippen LogP contribution in [0.25, 0.3) is 0 Å². The quantitative estimate of drug-likeness (QED) is 0.464. The molecule has 8 heteroatoms. The monoisotopic (exact) mass is 519 g/mol. The van der Waals surface area contributed by atoms with E-state index in [0.29, 0.717) is 26.2 Å². The van der Waals surface area contributed by atoms with Crippen molar-refractivity contribution in [1.29, 1.82) is 0 Å². The van der Waals surface area contributed by atoms with E-state index >= 15 is 0 Å². The van der Waals surface area contributed by atoms with E-state index in [9.17, 15) is 18.0 Å². The number of carbonyl (C=O) groups excluding carboxylic acids is 2. The molecule has 0 atom stereocenters. The molecule has 36 heavy (non-hydrogen) atoms. The molecule has 0 spiro atoms. The van der Waals surface area contributed by atoms with Crippen molar-refractivity contribution >= 4 is 21.8 Å². The van der Waals surface area contributed by atoms with Gasteiger partial charge in [0.1, 0.15) is 0 Å². The summed E-state index contributed by atoms with van der Waals surface area (Å²) in [5, 5.41) is 0. The summed E-state index contributed by atoms with van der Waals surface area (Å²) in [4.78, 5) is 30.6. The van der Waals surface area contributed by atoms with Crippen molar-refractivity contribution in [2.75, 3.05) is 31.9 Å². The van der Waals surface area contributed by atoms with E-state index in [1.54, 1.807) is 6.92 Å². The lowest BCUT2D eigenvalue weighted by molar-refractivity contribution is -0.140. The Morgan fingerprint density at radius 3 is 2.17 bits per heavy atom. The molecule has 1 saturated heterocycles. The minimum atomic E-state index is -3.49. The molecule has 1 aliphatic heterocycles. The molecule has 7 nitrogen and oxygen atoms in total. The Morgan fingerprint density at radius 1 is 1.00 bits per heavy atom. The molecular formula is C28H45N3O4S. The molecule has 2 amide bonds. The number of amides is 2. The van der Waals surface area contributed by atoms with Crippen molar-refractivity contribution in [3.05, 3.63) is 35.4 Å². The normalized spacial score (nSPS) is 18.1. The summed E-state index contributed by atoms with van der Waals surface area (Å²) >= 11 is 0. The molecule has 0 unspecified atom stereocenters. The second kappa shape index (κ2) is 13.0. The van der Waals surface area contributed by atoms with Crippen LogP contribution in [0.5, 0.6) is 0 Å². The zero-order valence-electron chi connectivity index (χ0n) is 22.6. The summed E-state index contributed by atoms with van der Waals surface area (Å²) in [5.74, 6) is 0.377. The lowest BCUT2D eigenvalue weighted by Gasteiger charge is -2.40. The molecule has 0 aromatic heterocycles. The predicted molar refractivity (Wildman–Crippen MR) is 144 cm³/mol. The van der Waals surface area contributed by atoms with E-state index in [1.807, 2.05) is 54.8 Å². The highest BCUT2D eigenvalue weighted by molar-refractivity contribution is 7.89. The maximum atomic E-state index is 13.7. The third kappa shape index (κ3) is 7.78. The van der Waals surface area contributed by atoms with E-state index in [4.69, 9.17) is 0 Å². The fourth-order valence-corrected chi connectivity index (χ4v) is 6.62. The second-order valence-corrected chi connectivity index (χ2v) is 13.2. The van der Waals surface area contributed by atoms with Crippen molar-refractivity contribution in [2.45, 2.75) is 85.2 Å². The van der Waals surface area contributed by atoms with Gasteiger partial charge < -0.3 is 9.80 Å². The first-order chi connectivity index (χ1) is 17.1. The zero-order chi connectivity index (χ0) is 26.3. The standard InChI is InChI=1S/C28H45N3O4S/c1-5-36(34,35)30(19-22(2)3)21-27(32)31(20-24-13-11-23(4)12-14-24)26-15-17-29(18-16-26)28(33)25-9-7-6-8-10-25/h11-14,22,25-26H,5-10,15-21H2,1-4H3. The van der Waals surface area contributed by atoms with Gasteiger partial charge in [-0.2, -0.15) is 4.31 Å². The fraction of sp³-hybridized carbons (Fsp3) is 0.714. The number of hydrogen-bond donors (Lipinski definition) is 0. The lowest BCUT2D eigenvalue weighted by atomic mass is 9.87. The lowest BCUT2D eigenvalue weighted by Crippen LogP contribution is -2.52. The van der Waals surface area contributed by atoms with Gasteiger partial charge in [-0.15, -0.1) is 0 Å². The summed E-state index contributed by atoms with van der Waals surface area (Å²) in [6, 6.07) is 8.13. The van der Waals surface area contributed by atoms with E-state index in [1.165, 1.54) is 10.7 Å². The summed E-state index contributed by atoms with van der Waals surface area (Å²) in [6.07, 6.45) is 6.94. The Kier molecular flexibility index (Phi) is 10.4. The van der Waals surface area contributed by atoms with Crippen LogP contribution in [0.4, 0.5) is 0 Å². The summed E-state index contributed by atoms with van der Waals surface area (Å²) < 4.78 is 26.8. The first-order valence-corrected chi connectivity index (χ1v) is 15.3. The highest BCUT2D eigenvalue weighted by Gasteiger charge is 2.34. The molecule has 202 valence electrons. The number of aryl methyl sites for hydroxylation is 1. The average molecular weight is 520 g/mol.